The van der Waals surface area contributed by atoms with E-state index in [0.717, 1.165) is 19.5 Å². The number of hydrogen-bond acceptors (Lipinski definition) is 3. The molecule has 0 saturated heterocycles. The Kier molecular flexibility index (Phi) is 5.30. The molecule has 24 heavy (non-hydrogen) atoms. The quantitative estimate of drug-likeness (QED) is 0.817. The lowest BCUT2D eigenvalue weighted by atomic mass is 10.1. The average Bonchev–Trinajstić information content (AvgIpc) is 3.23. The first-order valence-corrected chi connectivity index (χ1v) is 9.29. The van der Waals surface area contributed by atoms with Crippen molar-refractivity contribution in [2.75, 3.05) is 18.4 Å². The molecule has 1 aliphatic rings. The van der Waals surface area contributed by atoms with Gasteiger partial charge in [0.05, 0.1) is 4.88 Å². The number of nitrogens with one attached hydrogen (secondary N) is 1. The molecule has 2 aromatic rings. The monoisotopic (exact) mass is 342 g/mol. The number of thiophene rings is 1. The van der Waals surface area contributed by atoms with Crippen LogP contribution in [0.4, 0.5) is 5.69 Å². The summed E-state index contributed by atoms with van der Waals surface area (Å²) in [6.45, 7) is 3.76. The van der Waals surface area contributed by atoms with Crippen LogP contribution >= 0.6 is 11.3 Å². The zero-order valence-electron chi connectivity index (χ0n) is 13.8. The van der Waals surface area contributed by atoms with Gasteiger partial charge in [0.15, 0.2) is 0 Å². The van der Waals surface area contributed by atoms with Crippen molar-refractivity contribution >= 4 is 28.8 Å². The van der Waals surface area contributed by atoms with E-state index in [0.29, 0.717) is 22.0 Å². The van der Waals surface area contributed by atoms with Crippen molar-refractivity contribution in [3.05, 3.63) is 52.2 Å². The van der Waals surface area contributed by atoms with E-state index in [1.807, 2.05) is 16.3 Å². The molecule has 1 N–H and O–H groups in total. The van der Waals surface area contributed by atoms with E-state index in [4.69, 9.17) is 0 Å². The molecule has 0 spiro atoms. The standard InChI is InChI=1S/C19H22N2O2S/c1-2-11-21(13-14-5-6-14)19(23)15-7-9-16(10-8-15)20-18(22)17-4-3-12-24-17/h3-4,7-10,12,14H,2,5-6,11,13H2,1H3,(H,20,22). The van der Waals surface area contributed by atoms with Crippen LogP contribution in [0, 0.1) is 5.92 Å². The van der Waals surface area contributed by atoms with Gasteiger partial charge < -0.3 is 10.2 Å². The third kappa shape index (κ3) is 4.23. The molecule has 0 unspecified atom stereocenters. The Labute approximate surface area is 146 Å². The van der Waals surface area contributed by atoms with E-state index in [1.165, 1.54) is 24.2 Å². The molecule has 0 aliphatic heterocycles. The highest BCUT2D eigenvalue weighted by molar-refractivity contribution is 7.12. The number of rotatable bonds is 7. The second-order valence-electron chi connectivity index (χ2n) is 6.20. The third-order valence-electron chi connectivity index (χ3n) is 4.09. The van der Waals surface area contributed by atoms with Gasteiger partial charge in [0.1, 0.15) is 0 Å². The van der Waals surface area contributed by atoms with E-state index >= 15 is 0 Å². The summed E-state index contributed by atoms with van der Waals surface area (Å²) < 4.78 is 0. The highest BCUT2D eigenvalue weighted by Crippen LogP contribution is 2.30. The van der Waals surface area contributed by atoms with Crippen molar-refractivity contribution < 1.29 is 9.59 Å². The third-order valence-corrected chi connectivity index (χ3v) is 4.96. The zero-order valence-corrected chi connectivity index (χ0v) is 14.6. The molecular weight excluding hydrogens is 320 g/mol. The molecule has 1 saturated carbocycles. The average molecular weight is 342 g/mol. The van der Waals surface area contributed by atoms with Gasteiger partial charge in [0.25, 0.3) is 11.8 Å². The molecule has 1 aromatic heterocycles. The van der Waals surface area contributed by atoms with Gasteiger partial charge in [-0.05, 0) is 60.9 Å². The Morgan fingerprint density at radius 1 is 1.21 bits per heavy atom. The second kappa shape index (κ2) is 7.62. The van der Waals surface area contributed by atoms with Crippen LogP contribution < -0.4 is 5.32 Å². The lowest BCUT2D eigenvalue weighted by Gasteiger charge is -2.22. The Bertz CT molecular complexity index is 691. The molecule has 0 atom stereocenters. The molecule has 1 fully saturated rings. The lowest BCUT2D eigenvalue weighted by Crippen LogP contribution is -2.33. The molecular formula is C19H22N2O2S. The number of hydrogen-bond donors (Lipinski definition) is 1. The van der Waals surface area contributed by atoms with Crippen LogP contribution in [0.15, 0.2) is 41.8 Å². The molecule has 1 aromatic carbocycles. The van der Waals surface area contributed by atoms with Crippen molar-refractivity contribution in [2.24, 2.45) is 5.92 Å². The van der Waals surface area contributed by atoms with Crippen LogP contribution in [0.3, 0.4) is 0 Å². The zero-order chi connectivity index (χ0) is 16.9. The Morgan fingerprint density at radius 2 is 1.96 bits per heavy atom. The predicted octanol–water partition coefficient (Wildman–Crippen LogP) is 4.26. The van der Waals surface area contributed by atoms with E-state index in [-0.39, 0.29) is 11.8 Å². The van der Waals surface area contributed by atoms with E-state index < -0.39 is 0 Å². The van der Waals surface area contributed by atoms with Gasteiger partial charge in [0, 0.05) is 24.3 Å². The minimum absolute atomic E-state index is 0.0832. The summed E-state index contributed by atoms with van der Waals surface area (Å²) in [5.41, 5.74) is 1.38. The van der Waals surface area contributed by atoms with Crippen molar-refractivity contribution in [2.45, 2.75) is 26.2 Å². The van der Waals surface area contributed by atoms with E-state index in [9.17, 15) is 9.59 Å². The van der Waals surface area contributed by atoms with Gasteiger partial charge in [0.2, 0.25) is 0 Å². The fourth-order valence-electron chi connectivity index (χ4n) is 2.64. The molecule has 5 heteroatoms. The van der Waals surface area contributed by atoms with Gasteiger partial charge in [-0.2, -0.15) is 0 Å². The maximum atomic E-state index is 12.7. The molecule has 1 aliphatic carbocycles. The normalized spacial score (nSPS) is 13.5. The van der Waals surface area contributed by atoms with Crippen LogP contribution in [0.1, 0.15) is 46.2 Å². The minimum Gasteiger partial charge on any atom is -0.338 e. The van der Waals surface area contributed by atoms with Crippen LogP contribution in [0.2, 0.25) is 0 Å². The smallest absolute Gasteiger partial charge is 0.265 e. The van der Waals surface area contributed by atoms with Gasteiger partial charge >= 0.3 is 0 Å². The largest absolute Gasteiger partial charge is 0.338 e. The number of nitrogens with zero attached hydrogens (tertiary/aromatic N) is 1. The molecule has 4 nitrogen and oxygen atoms in total. The molecule has 2 amide bonds. The summed E-state index contributed by atoms with van der Waals surface area (Å²) >= 11 is 1.41. The Morgan fingerprint density at radius 3 is 2.54 bits per heavy atom. The summed E-state index contributed by atoms with van der Waals surface area (Å²) in [4.78, 5) is 27.3. The summed E-state index contributed by atoms with van der Waals surface area (Å²) in [5, 5.41) is 4.73. The van der Waals surface area contributed by atoms with Crippen molar-refractivity contribution in [3.63, 3.8) is 0 Å². The number of benzene rings is 1. The number of amides is 2. The van der Waals surface area contributed by atoms with Crippen LogP contribution in [0.5, 0.6) is 0 Å². The molecule has 0 bridgehead atoms. The highest BCUT2D eigenvalue weighted by atomic mass is 32.1. The van der Waals surface area contributed by atoms with Gasteiger partial charge in [-0.3, -0.25) is 9.59 Å². The number of anilines is 1. The molecule has 0 radical (unpaired) electrons. The first-order valence-electron chi connectivity index (χ1n) is 8.41. The topological polar surface area (TPSA) is 49.4 Å². The fourth-order valence-corrected chi connectivity index (χ4v) is 3.26. The SMILES string of the molecule is CCCN(CC1CC1)C(=O)c1ccc(NC(=O)c2cccs2)cc1. The highest BCUT2D eigenvalue weighted by Gasteiger charge is 2.26. The van der Waals surface area contributed by atoms with Crippen molar-refractivity contribution in [3.8, 4) is 0 Å². The summed E-state index contributed by atoms with van der Waals surface area (Å²) in [5.74, 6) is 0.648. The van der Waals surface area contributed by atoms with Crippen molar-refractivity contribution in [1.82, 2.24) is 4.90 Å². The van der Waals surface area contributed by atoms with Gasteiger partial charge in [-0.1, -0.05) is 13.0 Å². The Balaban J connectivity index is 1.64. The maximum absolute atomic E-state index is 12.7. The van der Waals surface area contributed by atoms with Gasteiger partial charge in [-0.15, -0.1) is 11.3 Å². The summed E-state index contributed by atoms with van der Waals surface area (Å²) in [6.07, 6.45) is 3.44. The van der Waals surface area contributed by atoms with Gasteiger partial charge in [-0.25, -0.2) is 0 Å². The van der Waals surface area contributed by atoms with Crippen LogP contribution in [-0.4, -0.2) is 29.8 Å². The number of carbonyl (C=O) groups excluding carboxylic acids is 2. The van der Waals surface area contributed by atoms with E-state index in [2.05, 4.69) is 12.2 Å². The molecule has 1 heterocycles. The maximum Gasteiger partial charge on any atom is 0.265 e. The predicted molar refractivity (Wildman–Crippen MR) is 97.6 cm³/mol. The first kappa shape index (κ1) is 16.7. The number of carbonyl (C=O) groups is 2. The molecule has 3 rings (SSSR count). The van der Waals surface area contributed by atoms with Crippen molar-refractivity contribution in [1.29, 1.82) is 0 Å². The summed E-state index contributed by atoms with van der Waals surface area (Å²) in [7, 11) is 0. The first-order chi connectivity index (χ1) is 11.7. The second-order valence-corrected chi connectivity index (χ2v) is 7.15. The van der Waals surface area contributed by atoms with Crippen LogP contribution in [0.25, 0.3) is 0 Å². The lowest BCUT2D eigenvalue weighted by molar-refractivity contribution is 0.0747. The van der Waals surface area contributed by atoms with E-state index in [1.54, 1.807) is 30.3 Å². The fraction of sp³-hybridized carbons (Fsp3) is 0.368. The van der Waals surface area contributed by atoms with Crippen LogP contribution in [-0.2, 0) is 0 Å². The minimum atomic E-state index is -0.120. The Hall–Kier alpha value is -2.14. The summed E-state index contributed by atoms with van der Waals surface area (Å²) in [6, 6.07) is 10.8. The molecule has 126 valence electrons.